The second-order valence-electron chi connectivity index (χ2n) is 5.62. The lowest BCUT2D eigenvalue weighted by molar-refractivity contribution is 0.495. The van der Waals surface area contributed by atoms with Crippen molar-refractivity contribution in [3.63, 3.8) is 0 Å². The van der Waals surface area contributed by atoms with Gasteiger partial charge in [-0.25, -0.2) is 0 Å². The van der Waals surface area contributed by atoms with E-state index in [-0.39, 0.29) is 6.04 Å². The lowest BCUT2D eigenvalue weighted by atomic mass is 9.85. The third kappa shape index (κ3) is 2.91. The number of likely N-dealkylation sites (N-methyl/N-ethyl adjacent to an activating group) is 1. The zero-order chi connectivity index (χ0) is 14.7. The van der Waals surface area contributed by atoms with Crippen molar-refractivity contribution in [2.75, 3.05) is 7.05 Å². The Hall–Kier alpha value is -1.67. The van der Waals surface area contributed by atoms with Gasteiger partial charge in [0.25, 0.3) is 0 Å². The van der Waals surface area contributed by atoms with Crippen molar-refractivity contribution in [1.29, 1.82) is 0 Å². The lowest BCUT2D eigenvalue weighted by Crippen LogP contribution is -2.24. The smallest absolute Gasteiger partial charge is 0.0450 e. The van der Waals surface area contributed by atoms with Crippen LogP contribution in [0.5, 0.6) is 0 Å². The molecule has 2 unspecified atom stereocenters. The number of aromatic nitrogens is 1. The first-order valence-electron chi connectivity index (χ1n) is 7.20. The normalized spacial score (nSPS) is 14.1. The Labute approximate surface area is 122 Å². The van der Waals surface area contributed by atoms with E-state index in [0.29, 0.717) is 5.92 Å². The molecule has 0 aliphatic rings. The topological polar surface area (TPSA) is 24.9 Å². The van der Waals surface area contributed by atoms with E-state index in [1.165, 1.54) is 22.3 Å². The second kappa shape index (κ2) is 6.19. The van der Waals surface area contributed by atoms with Crippen LogP contribution in [-0.2, 0) is 0 Å². The van der Waals surface area contributed by atoms with Crippen LogP contribution in [0.2, 0.25) is 0 Å². The molecule has 20 heavy (non-hydrogen) atoms. The van der Waals surface area contributed by atoms with Crippen LogP contribution >= 0.6 is 0 Å². The maximum atomic E-state index is 4.51. The standard InChI is InChI=1S/C18H24N2/c1-12-10-13(2)17(14(3)11-12)18(19-5)15(4)16-8-6-7-9-20-16/h6-11,15,18-19H,1-5H3. The Morgan fingerprint density at radius 3 is 2.20 bits per heavy atom. The summed E-state index contributed by atoms with van der Waals surface area (Å²) in [5, 5.41) is 3.48. The van der Waals surface area contributed by atoms with Crippen LogP contribution in [0, 0.1) is 20.8 Å². The number of rotatable bonds is 4. The van der Waals surface area contributed by atoms with Crippen LogP contribution in [0.3, 0.4) is 0 Å². The summed E-state index contributed by atoms with van der Waals surface area (Å²) in [4.78, 5) is 4.51. The third-order valence-corrected chi connectivity index (χ3v) is 4.01. The summed E-state index contributed by atoms with van der Waals surface area (Å²) in [7, 11) is 2.03. The number of pyridine rings is 1. The van der Waals surface area contributed by atoms with Gasteiger partial charge in [0.1, 0.15) is 0 Å². The van der Waals surface area contributed by atoms with Gasteiger partial charge in [-0.05, 0) is 56.6 Å². The second-order valence-corrected chi connectivity index (χ2v) is 5.62. The summed E-state index contributed by atoms with van der Waals surface area (Å²) < 4.78 is 0. The van der Waals surface area contributed by atoms with Crippen molar-refractivity contribution in [2.24, 2.45) is 0 Å². The van der Waals surface area contributed by atoms with Gasteiger partial charge in [-0.3, -0.25) is 4.98 Å². The fourth-order valence-corrected chi connectivity index (χ4v) is 3.14. The van der Waals surface area contributed by atoms with Crippen molar-refractivity contribution < 1.29 is 0 Å². The molecule has 2 nitrogen and oxygen atoms in total. The van der Waals surface area contributed by atoms with E-state index in [0.717, 1.165) is 5.69 Å². The Balaban J connectivity index is 2.43. The van der Waals surface area contributed by atoms with E-state index < -0.39 is 0 Å². The molecule has 0 amide bonds. The highest BCUT2D eigenvalue weighted by Gasteiger charge is 2.23. The predicted octanol–water partition coefficient (Wildman–Crippen LogP) is 4.07. The predicted molar refractivity (Wildman–Crippen MR) is 85.1 cm³/mol. The summed E-state index contributed by atoms with van der Waals surface area (Å²) >= 11 is 0. The molecule has 2 aromatic rings. The van der Waals surface area contributed by atoms with Crippen LogP contribution in [0.25, 0.3) is 0 Å². The molecule has 2 heteroatoms. The Bertz CT molecular complexity index is 552. The number of nitrogens with zero attached hydrogens (tertiary/aromatic N) is 1. The summed E-state index contributed by atoms with van der Waals surface area (Å²) in [5.41, 5.74) is 6.56. The lowest BCUT2D eigenvalue weighted by Gasteiger charge is -2.27. The largest absolute Gasteiger partial charge is 0.312 e. The molecule has 1 heterocycles. The van der Waals surface area contributed by atoms with Crippen LogP contribution < -0.4 is 5.32 Å². The summed E-state index contributed by atoms with van der Waals surface area (Å²) in [6.45, 7) is 8.79. The summed E-state index contributed by atoms with van der Waals surface area (Å²) in [6, 6.07) is 10.9. The molecule has 0 aliphatic heterocycles. The first-order chi connectivity index (χ1) is 9.54. The molecule has 2 atom stereocenters. The van der Waals surface area contributed by atoms with Gasteiger partial charge in [0.2, 0.25) is 0 Å². The molecule has 2 rings (SSSR count). The van der Waals surface area contributed by atoms with Gasteiger partial charge in [-0.1, -0.05) is 30.7 Å². The monoisotopic (exact) mass is 268 g/mol. The van der Waals surface area contributed by atoms with Crippen molar-refractivity contribution in [3.05, 3.63) is 64.5 Å². The minimum Gasteiger partial charge on any atom is -0.312 e. The highest BCUT2D eigenvalue weighted by molar-refractivity contribution is 5.41. The van der Waals surface area contributed by atoms with Gasteiger partial charge in [0, 0.05) is 23.9 Å². The maximum absolute atomic E-state index is 4.51. The zero-order valence-electron chi connectivity index (χ0n) is 13.1. The molecule has 0 fully saturated rings. The van der Waals surface area contributed by atoms with E-state index in [1.54, 1.807) is 0 Å². The quantitative estimate of drug-likeness (QED) is 0.904. The fourth-order valence-electron chi connectivity index (χ4n) is 3.14. The minimum atomic E-state index is 0.283. The SMILES string of the molecule is CNC(c1c(C)cc(C)cc1C)C(C)c1ccccn1. The highest BCUT2D eigenvalue weighted by atomic mass is 14.9. The zero-order valence-corrected chi connectivity index (χ0v) is 13.1. The first-order valence-corrected chi connectivity index (χ1v) is 7.20. The summed E-state index contributed by atoms with van der Waals surface area (Å²) in [6.07, 6.45) is 1.87. The number of aryl methyl sites for hydroxylation is 3. The average molecular weight is 268 g/mol. The van der Waals surface area contributed by atoms with Crippen molar-refractivity contribution in [3.8, 4) is 0 Å². The number of nitrogens with one attached hydrogen (secondary N) is 1. The van der Waals surface area contributed by atoms with Crippen LogP contribution in [0.15, 0.2) is 36.5 Å². The molecule has 1 aromatic heterocycles. The van der Waals surface area contributed by atoms with Gasteiger partial charge in [0.15, 0.2) is 0 Å². The van der Waals surface area contributed by atoms with Gasteiger partial charge in [-0.2, -0.15) is 0 Å². The van der Waals surface area contributed by atoms with Gasteiger partial charge < -0.3 is 5.32 Å². The molecule has 0 spiro atoms. The Morgan fingerprint density at radius 2 is 1.70 bits per heavy atom. The fraction of sp³-hybridized carbons (Fsp3) is 0.389. The van der Waals surface area contributed by atoms with Crippen molar-refractivity contribution in [1.82, 2.24) is 10.3 Å². The highest BCUT2D eigenvalue weighted by Crippen LogP contribution is 2.33. The van der Waals surface area contributed by atoms with Crippen LogP contribution in [0.4, 0.5) is 0 Å². The van der Waals surface area contributed by atoms with E-state index in [9.17, 15) is 0 Å². The molecule has 106 valence electrons. The molecule has 0 radical (unpaired) electrons. The minimum absolute atomic E-state index is 0.283. The number of hydrogen-bond acceptors (Lipinski definition) is 2. The molecule has 0 bridgehead atoms. The molecule has 0 saturated carbocycles. The first kappa shape index (κ1) is 14.7. The Kier molecular flexibility index (Phi) is 4.56. The molecular formula is C18H24N2. The number of hydrogen-bond donors (Lipinski definition) is 1. The third-order valence-electron chi connectivity index (χ3n) is 4.01. The molecule has 0 aliphatic carbocycles. The maximum Gasteiger partial charge on any atom is 0.0450 e. The molecule has 0 saturated heterocycles. The van der Waals surface area contributed by atoms with E-state index in [1.807, 2.05) is 19.3 Å². The van der Waals surface area contributed by atoms with Gasteiger partial charge in [0.05, 0.1) is 0 Å². The molecule has 1 aromatic carbocycles. The molecule has 1 N–H and O–H groups in total. The molecular weight excluding hydrogens is 244 g/mol. The summed E-state index contributed by atoms with van der Waals surface area (Å²) in [5.74, 6) is 0.335. The van der Waals surface area contributed by atoms with Crippen LogP contribution in [-0.4, -0.2) is 12.0 Å². The van der Waals surface area contributed by atoms with E-state index in [2.05, 4.69) is 62.3 Å². The Morgan fingerprint density at radius 1 is 1.05 bits per heavy atom. The van der Waals surface area contributed by atoms with Gasteiger partial charge in [-0.15, -0.1) is 0 Å². The van der Waals surface area contributed by atoms with E-state index in [4.69, 9.17) is 0 Å². The van der Waals surface area contributed by atoms with Crippen molar-refractivity contribution >= 4 is 0 Å². The van der Waals surface area contributed by atoms with Crippen LogP contribution in [0.1, 0.15) is 46.8 Å². The number of benzene rings is 1. The van der Waals surface area contributed by atoms with Gasteiger partial charge >= 0.3 is 0 Å². The average Bonchev–Trinajstić information content (AvgIpc) is 2.43. The van der Waals surface area contributed by atoms with Crippen molar-refractivity contribution in [2.45, 2.75) is 39.7 Å². The van der Waals surface area contributed by atoms with E-state index >= 15 is 0 Å².